The average Bonchev–Trinajstić information content (AvgIpc) is 3.27. The highest BCUT2D eigenvalue weighted by molar-refractivity contribution is 7.15. The van der Waals surface area contributed by atoms with Gasteiger partial charge in [0, 0.05) is 43.2 Å². The third kappa shape index (κ3) is 4.54. The summed E-state index contributed by atoms with van der Waals surface area (Å²) < 4.78 is 5.04. The summed E-state index contributed by atoms with van der Waals surface area (Å²) in [5.41, 5.74) is 2.16. The SMILES string of the molecule is COC(=O)c1c(-c2ccccc2)csc1NC(=O)CN1CCN(C2C3CC4CC(C3)CC2C4)CC1. The van der Waals surface area contributed by atoms with E-state index < -0.39 is 5.97 Å². The van der Waals surface area contributed by atoms with Gasteiger partial charge in [-0.2, -0.15) is 0 Å². The van der Waals surface area contributed by atoms with Crippen LogP contribution >= 0.6 is 11.3 Å². The number of benzene rings is 1. The van der Waals surface area contributed by atoms with Crippen molar-refractivity contribution in [1.82, 2.24) is 9.80 Å². The first-order valence-electron chi connectivity index (χ1n) is 13.1. The van der Waals surface area contributed by atoms with Gasteiger partial charge in [0.2, 0.25) is 5.91 Å². The minimum Gasteiger partial charge on any atom is -0.465 e. The van der Waals surface area contributed by atoms with Crippen molar-refractivity contribution in [1.29, 1.82) is 0 Å². The summed E-state index contributed by atoms with van der Waals surface area (Å²) in [7, 11) is 1.38. The highest BCUT2D eigenvalue weighted by atomic mass is 32.1. The van der Waals surface area contributed by atoms with Crippen LogP contribution < -0.4 is 5.32 Å². The summed E-state index contributed by atoms with van der Waals surface area (Å²) >= 11 is 1.38. The Morgan fingerprint density at radius 3 is 2.26 bits per heavy atom. The van der Waals surface area contributed by atoms with Gasteiger partial charge < -0.3 is 10.1 Å². The molecular formula is C28H35N3O3S. The number of thiophene rings is 1. The van der Waals surface area contributed by atoms with Gasteiger partial charge in [0.25, 0.3) is 0 Å². The fraction of sp³-hybridized carbons (Fsp3) is 0.571. The van der Waals surface area contributed by atoms with Crippen molar-refractivity contribution in [3.05, 3.63) is 41.3 Å². The van der Waals surface area contributed by atoms with E-state index in [0.717, 1.165) is 67.0 Å². The molecule has 0 spiro atoms. The number of piperazine rings is 1. The molecule has 2 aromatic rings. The van der Waals surface area contributed by atoms with Gasteiger partial charge in [0.1, 0.15) is 10.6 Å². The Hall–Kier alpha value is -2.22. The van der Waals surface area contributed by atoms with Gasteiger partial charge in [0.05, 0.1) is 13.7 Å². The molecule has 0 atom stereocenters. The number of methoxy groups -OCH3 is 1. The van der Waals surface area contributed by atoms with Crippen LogP contribution in [0.2, 0.25) is 0 Å². The van der Waals surface area contributed by atoms with Gasteiger partial charge >= 0.3 is 5.97 Å². The lowest BCUT2D eigenvalue weighted by Crippen LogP contribution is -2.60. The summed E-state index contributed by atoms with van der Waals surface area (Å²) in [6, 6.07) is 10.5. The maximum atomic E-state index is 13.0. The van der Waals surface area contributed by atoms with Crippen molar-refractivity contribution < 1.29 is 14.3 Å². The minimum absolute atomic E-state index is 0.0697. The Labute approximate surface area is 211 Å². The highest BCUT2D eigenvalue weighted by Crippen LogP contribution is 2.55. The first-order valence-corrected chi connectivity index (χ1v) is 14.0. The average molecular weight is 494 g/mol. The van der Waals surface area contributed by atoms with Gasteiger partial charge in [0.15, 0.2) is 0 Å². The summed E-state index contributed by atoms with van der Waals surface area (Å²) in [4.78, 5) is 30.5. The quantitative estimate of drug-likeness (QED) is 0.597. The number of ether oxygens (including phenoxy) is 1. The molecule has 1 aromatic carbocycles. The van der Waals surface area contributed by atoms with Crippen LogP contribution in [0.1, 0.15) is 42.5 Å². The molecule has 1 aromatic heterocycles. The first kappa shape index (κ1) is 23.2. The molecule has 186 valence electrons. The number of hydrogen-bond donors (Lipinski definition) is 1. The molecule has 4 saturated carbocycles. The molecule has 7 heteroatoms. The van der Waals surface area contributed by atoms with E-state index in [-0.39, 0.29) is 5.91 Å². The molecule has 1 amide bonds. The van der Waals surface area contributed by atoms with Crippen molar-refractivity contribution in [2.24, 2.45) is 23.7 Å². The van der Waals surface area contributed by atoms with Crippen LogP contribution in [0.15, 0.2) is 35.7 Å². The van der Waals surface area contributed by atoms with Crippen LogP contribution in [0, 0.1) is 23.7 Å². The van der Waals surface area contributed by atoms with Crippen LogP contribution in [0.4, 0.5) is 5.00 Å². The van der Waals surface area contributed by atoms with E-state index in [1.807, 2.05) is 35.7 Å². The number of nitrogens with zero attached hydrogens (tertiary/aromatic N) is 2. The largest absolute Gasteiger partial charge is 0.465 e. The van der Waals surface area contributed by atoms with Crippen LogP contribution in [0.3, 0.4) is 0 Å². The number of carbonyl (C=O) groups excluding carboxylic acids is 2. The van der Waals surface area contributed by atoms with Crippen molar-refractivity contribution in [3.63, 3.8) is 0 Å². The zero-order valence-electron chi connectivity index (χ0n) is 20.4. The second kappa shape index (κ2) is 9.68. The number of nitrogens with one attached hydrogen (secondary N) is 1. The zero-order valence-corrected chi connectivity index (χ0v) is 21.3. The molecule has 1 N–H and O–H groups in total. The predicted octanol–water partition coefficient (Wildman–Crippen LogP) is 4.58. The zero-order chi connectivity index (χ0) is 23.9. The smallest absolute Gasteiger partial charge is 0.341 e. The maximum Gasteiger partial charge on any atom is 0.341 e. The molecule has 5 fully saturated rings. The summed E-state index contributed by atoms with van der Waals surface area (Å²) in [6.07, 6.45) is 7.31. The van der Waals surface area contributed by atoms with Crippen LogP contribution in [0.5, 0.6) is 0 Å². The highest BCUT2D eigenvalue weighted by Gasteiger charge is 2.50. The molecule has 4 aliphatic carbocycles. The molecule has 1 saturated heterocycles. The van der Waals surface area contributed by atoms with Gasteiger partial charge in [-0.1, -0.05) is 30.3 Å². The molecular weight excluding hydrogens is 458 g/mol. The first-order chi connectivity index (χ1) is 17.1. The second-order valence-corrected chi connectivity index (χ2v) is 11.9. The molecule has 2 heterocycles. The van der Waals surface area contributed by atoms with E-state index in [2.05, 4.69) is 15.1 Å². The van der Waals surface area contributed by atoms with Gasteiger partial charge in [-0.05, 0) is 61.3 Å². The summed E-state index contributed by atoms with van der Waals surface area (Å²) in [5, 5.41) is 5.48. The minimum atomic E-state index is -0.426. The Morgan fingerprint density at radius 2 is 1.63 bits per heavy atom. The summed E-state index contributed by atoms with van der Waals surface area (Å²) in [5.74, 6) is 3.34. The number of rotatable bonds is 6. The fourth-order valence-corrected chi connectivity index (χ4v) is 8.64. The van der Waals surface area contributed by atoms with E-state index in [1.54, 1.807) is 0 Å². The van der Waals surface area contributed by atoms with Crippen molar-refractivity contribution in [2.45, 2.75) is 38.1 Å². The molecule has 35 heavy (non-hydrogen) atoms. The van der Waals surface area contributed by atoms with Crippen LogP contribution in [0.25, 0.3) is 11.1 Å². The second-order valence-electron chi connectivity index (χ2n) is 11.0. The van der Waals surface area contributed by atoms with Gasteiger partial charge in [-0.3, -0.25) is 14.6 Å². The van der Waals surface area contributed by atoms with Crippen molar-refractivity contribution >= 4 is 28.2 Å². The third-order valence-corrected chi connectivity index (χ3v) is 9.79. The number of anilines is 1. The lowest BCUT2D eigenvalue weighted by molar-refractivity contribution is -0.118. The number of carbonyl (C=O) groups is 2. The molecule has 5 aliphatic rings. The van der Waals surface area contributed by atoms with E-state index in [9.17, 15) is 9.59 Å². The van der Waals surface area contributed by atoms with Crippen molar-refractivity contribution in [3.8, 4) is 11.1 Å². The molecule has 6 nitrogen and oxygen atoms in total. The maximum absolute atomic E-state index is 13.0. The molecule has 7 rings (SSSR count). The summed E-state index contributed by atoms with van der Waals surface area (Å²) in [6.45, 7) is 4.34. The molecule has 0 radical (unpaired) electrons. The van der Waals surface area contributed by atoms with Gasteiger partial charge in [-0.25, -0.2) is 4.79 Å². The van der Waals surface area contributed by atoms with Crippen molar-refractivity contribution in [2.75, 3.05) is 45.2 Å². The molecule has 0 unspecified atom stereocenters. The van der Waals surface area contributed by atoms with Gasteiger partial charge in [-0.15, -0.1) is 11.3 Å². The monoisotopic (exact) mass is 493 g/mol. The van der Waals surface area contributed by atoms with E-state index in [0.29, 0.717) is 17.1 Å². The number of amides is 1. The third-order valence-electron chi connectivity index (χ3n) is 8.89. The number of esters is 1. The Morgan fingerprint density at radius 1 is 0.971 bits per heavy atom. The fourth-order valence-electron chi connectivity index (χ4n) is 7.67. The normalized spacial score (nSPS) is 30.4. The topological polar surface area (TPSA) is 61.9 Å². The van der Waals surface area contributed by atoms with Crippen LogP contribution in [-0.2, 0) is 9.53 Å². The lowest BCUT2D eigenvalue weighted by atomic mass is 9.54. The predicted molar refractivity (Wildman–Crippen MR) is 139 cm³/mol. The lowest BCUT2D eigenvalue weighted by Gasteiger charge is -2.58. The molecule has 1 aliphatic heterocycles. The van der Waals surface area contributed by atoms with Crippen LogP contribution in [-0.4, -0.2) is 67.6 Å². The van der Waals surface area contributed by atoms with E-state index >= 15 is 0 Å². The number of hydrogen-bond acceptors (Lipinski definition) is 6. The molecule has 4 bridgehead atoms. The Bertz CT molecular complexity index is 1050. The Kier molecular flexibility index (Phi) is 6.41. The van der Waals surface area contributed by atoms with E-state index in [4.69, 9.17) is 4.74 Å². The standard InChI is InChI=1S/C28H35N3O3S/c1-34-28(33)25-23(20-5-3-2-4-6-20)17-35-27(25)29-24(32)16-30-7-9-31(10-8-30)26-21-12-18-11-19(14-21)15-22(26)13-18/h2-6,17-19,21-22,26H,7-16H2,1H3,(H,29,32). The Balaban J connectivity index is 1.07. The van der Waals surface area contributed by atoms with E-state index in [1.165, 1.54) is 50.6 Å².